The Morgan fingerprint density at radius 1 is 1.08 bits per heavy atom. The van der Waals surface area contributed by atoms with Crippen molar-refractivity contribution in [3.63, 3.8) is 0 Å². The summed E-state index contributed by atoms with van der Waals surface area (Å²) in [6.07, 6.45) is 0.0610. The van der Waals surface area contributed by atoms with Crippen LogP contribution in [-0.4, -0.2) is 31.1 Å². The van der Waals surface area contributed by atoms with Crippen LogP contribution < -0.4 is 20.1 Å². The largest absolute Gasteiger partial charge is 0.486 e. The van der Waals surface area contributed by atoms with Crippen LogP contribution in [0.5, 0.6) is 11.5 Å². The predicted octanol–water partition coefficient (Wildman–Crippen LogP) is 2.14. The fraction of sp³-hybridized carbons (Fsp3) is 0.263. The van der Waals surface area contributed by atoms with E-state index in [1.807, 2.05) is 36.4 Å². The molecule has 25 heavy (non-hydrogen) atoms. The van der Waals surface area contributed by atoms with Gasteiger partial charge in [0.2, 0.25) is 11.8 Å². The van der Waals surface area contributed by atoms with Gasteiger partial charge in [0, 0.05) is 12.6 Å². The second-order valence-electron chi connectivity index (χ2n) is 5.86. The van der Waals surface area contributed by atoms with Crippen molar-refractivity contribution in [3.05, 3.63) is 54.1 Å². The molecule has 0 fully saturated rings. The summed E-state index contributed by atoms with van der Waals surface area (Å²) in [5.74, 6) is 1.21. The summed E-state index contributed by atoms with van der Waals surface area (Å²) >= 11 is 0. The van der Waals surface area contributed by atoms with Crippen LogP contribution in [0.1, 0.15) is 12.5 Å². The summed E-state index contributed by atoms with van der Waals surface area (Å²) in [6, 6.07) is 14.7. The minimum Gasteiger partial charge on any atom is -0.486 e. The number of ether oxygens (including phenoxy) is 2. The highest BCUT2D eigenvalue weighted by molar-refractivity contribution is 5.88. The molecule has 0 saturated heterocycles. The molecule has 0 aliphatic carbocycles. The maximum absolute atomic E-state index is 12.1. The van der Waals surface area contributed by atoms with Crippen molar-refractivity contribution in [2.75, 3.05) is 18.5 Å². The molecule has 2 aromatic rings. The number of benzene rings is 2. The zero-order chi connectivity index (χ0) is 17.6. The van der Waals surface area contributed by atoms with Crippen LogP contribution in [0.3, 0.4) is 0 Å². The fourth-order valence-electron chi connectivity index (χ4n) is 2.55. The SMILES string of the molecule is CC(=O)Nc1ccc(CC(=O)NC[C@H]2COc3ccccc3O2)cc1. The molecular formula is C19H20N2O4. The van der Waals surface area contributed by atoms with Gasteiger partial charge in [0.05, 0.1) is 13.0 Å². The topological polar surface area (TPSA) is 76.7 Å². The van der Waals surface area contributed by atoms with Gasteiger partial charge in [-0.05, 0) is 29.8 Å². The van der Waals surface area contributed by atoms with Gasteiger partial charge in [-0.1, -0.05) is 24.3 Å². The number of amides is 2. The molecule has 6 nitrogen and oxygen atoms in total. The van der Waals surface area contributed by atoms with E-state index in [0.717, 1.165) is 11.3 Å². The average molecular weight is 340 g/mol. The van der Waals surface area contributed by atoms with Crippen molar-refractivity contribution in [2.24, 2.45) is 0 Å². The van der Waals surface area contributed by atoms with Gasteiger partial charge in [-0.15, -0.1) is 0 Å². The van der Waals surface area contributed by atoms with E-state index in [-0.39, 0.29) is 24.3 Å². The van der Waals surface area contributed by atoms with Crippen LogP contribution in [0.15, 0.2) is 48.5 Å². The number of rotatable bonds is 5. The summed E-state index contributed by atoms with van der Waals surface area (Å²) < 4.78 is 11.4. The van der Waals surface area contributed by atoms with E-state index >= 15 is 0 Å². The van der Waals surface area contributed by atoms with Crippen molar-refractivity contribution < 1.29 is 19.1 Å². The van der Waals surface area contributed by atoms with Crippen molar-refractivity contribution >= 4 is 17.5 Å². The van der Waals surface area contributed by atoms with Gasteiger partial charge >= 0.3 is 0 Å². The zero-order valence-corrected chi connectivity index (χ0v) is 14.0. The smallest absolute Gasteiger partial charge is 0.224 e. The molecule has 130 valence electrons. The van der Waals surface area contributed by atoms with Crippen LogP contribution >= 0.6 is 0 Å². The highest BCUT2D eigenvalue weighted by atomic mass is 16.6. The molecule has 6 heteroatoms. The fourth-order valence-corrected chi connectivity index (χ4v) is 2.55. The molecular weight excluding hydrogens is 320 g/mol. The lowest BCUT2D eigenvalue weighted by atomic mass is 10.1. The Balaban J connectivity index is 1.46. The first-order valence-electron chi connectivity index (χ1n) is 8.12. The second-order valence-corrected chi connectivity index (χ2v) is 5.86. The summed E-state index contributed by atoms with van der Waals surface area (Å²) in [5, 5.41) is 5.56. The summed E-state index contributed by atoms with van der Waals surface area (Å²) in [6.45, 7) is 2.25. The number of carbonyl (C=O) groups is 2. The number of nitrogens with one attached hydrogen (secondary N) is 2. The van der Waals surface area contributed by atoms with Crippen molar-refractivity contribution in [3.8, 4) is 11.5 Å². The molecule has 0 unspecified atom stereocenters. The predicted molar refractivity (Wildman–Crippen MR) is 93.8 cm³/mol. The minimum atomic E-state index is -0.207. The van der Waals surface area contributed by atoms with Crippen LogP contribution in [0.2, 0.25) is 0 Å². The Hall–Kier alpha value is -3.02. The van der Waals surface area contributed by atoms with Gasteiger partial charge in [-0.2, -0.15) is 0 Å². The highest BCUT2D eigenvalue weighted by Crippen LogP contribution is 2.30. The molecule has 0 saturated carbocycles. The normalized spacial score (nSPS) is 15.3. The van der Waals surface area contributed by atoms with Gasteiger partial charge in [0.1, 0.15) is 12.7 Å². The van der Waals surface area contributed by atoms with Crippen molar-refractivity contribution in [1.82, 2.24) is 5.32 Å². The Bertz CT molecular complexity index is 758. The Morgan fingerprint density at radius 3 is 2.52 bits per heavy atom. The van der Waals surface area contributed by atoms with Crippen molar-refractivity contribution in [1.29, 1.82) is 0 Å². The molecule has 0 radical (unpaired) electrons. The molecule has 2 aromatic carbocycles. The zero-order valence-electron chi connectivity index (χ0n) is 14.0. The standard InChI is InChI=1S/C19H20N2O4/c1-13(22)21-15-8-6-14(7-9-15)10-19(23)20-11-16-12-24-17-4-2-3-5-18(17)25-16/h2-9,16H,10-12H2,1H3,(H,20,23)(H,21,22)/t16-/m0/s1. The lowest BCUT2D eigenvalue weighted by Gasteiger charge is -2.26. The van der Waals surface area contributed by atoms with E-state index in [4.69, 9.17) is 9.47 Å². The number of anilines is 1. The van der Waals surface area contributed by atoms with E-state index in [0.29, 0.717) is 24.6 Å². The third-order valence-electron chi connectivity index (χ3n) is 3.73. The molecule has 0 bridgehead atoms. The average Bonchev–Trinajstić information content (AvgIpc) is 2.61. The minimum absolute atomic E-state index is 0.0882. The molecule has 2 amide bonds. The van der Waals surface area contributed by atoms with Gasteiger partial charge in [-0.3, -0.25) is 9.59 Å². The molecule has 1 aliphatic rings. The maximum Gasteiger partial charge on any atom is 0.224 e. The molecule has 3 rings (SSSR count). The number of hydrogen-bond donors (Lipinski definition) is 2. The quantitative estimate of drug-likeness (QED) is 0.874. The van der Waals surface area contributed by atoms with Crippen LogP contribution in [0, 0.1) is 0 Å². The van der Waals surface area contributed by atoms with Gasteiger partial charge in [0.15, 0.2) is 11.5 Å². The van der Waals surface area contributed by atoms with Crippen LogP contribution in [-0.2, 0) is 16.0 Å². The number of fused-ring (bicyclic) bond motifs is 1. The third kappa shape index (κ3) is 4.73. The first-order valence-corrected chi connectivity index (χ1v) is 8.12. The summed E-state index contributed by atoms with van der Waals surface area (Å²) in [7, 11) is 0. The summed E-state index contributed by atoms with van der Waals surface area (Å²) in [5.41, 5.74) is 1.58. The molecule has 0 aromatic heterocycles. The second kappa shape index (κ2) is 7.70. The summed E-state index contributed by atoms with van der Waals surface area (Å²) in [4.78, 5) is 23.1. The van der Waals surface area contributed by atoms with E-state index < -0.39 is 0 Å². The first kappa shape index (κ1) is 16.8. The lowest BCUT2D eigenvalue weighted by molar-refractivity contribution is -0.121. The van der Waals surface area contributed by atoms with Crippen molar-refractivity contribution in [2.45, 2.75) is 19.4 Å². The third-order valence-corrected chi connectivity index (χ3v) is 3.73. The van der Waals surface area contributed by atoms with Crippen LogP contribution in [0.4, 0.5) is 5.69 Å². The highest BCUT2D eigenvalue weighted by Gasteiger charge is 2.20. The maximum atomic E-state index is 12.1. The van der Waals surface area contributed by atoms with Gasteiger partial charge in [-0.25, -0.2) is 0 Å². The Labute approximate surface area is 146 Å². The Morgan fingerprint density at radius 2 is 1.80 bits per heavy atom. The molecule has 1 aliphatic heterocycles. The monoisotopic (exact) mass is 340 g/mol. The molecule has 0 spiro atoms. The number of carbonyl (C=O) groups excluding carboxylic acids is 2. The number of hydrogen-bond acceptors (Lipinski definition) is 4. The van der Waals surface area contributed by atoms with Gasteiger partial charge < -0.3 is 20.1 Å². The lowest BCUT2D eigenvalue weighted by Crippen LogP contribution is -2.41. The first-order chi connectivity index (χ1) is 12.1. The van der Waals surface area contributed by atoms with Gasteiger partial charge in [0.25, 0.3) is 0 Å². The molecule has 1 heterocycles. The molecule has 1 atom stereocenters. The number of para-hydroxylation sites is 2. The molecule has 2 N–H and O–H groups in total. The Kier molecular flexibility index (Phi) is 5.18. The van der Waals surface area contributed by atoms with E-state index in [2.05, 4.69) is 10.6 Å². The van der Waals surface area contributed by atoms with Crippen LogP contribution in [0.25, 0.3) is 0 Å². The van der Waals surface area contributed by atoms with E-state index in [1.165, 1.54) is 6.92 Å². The van der Waals surface area contributed by atoms with E-state index in [1.54, 1.807) is 12.1 Å². The van der Waals surface area contributed by atoms with E-state index in [9.17, 15) is 9.59 Å².